The molecule has 3 N–H and O–H groups in total. The second-order valence-electron chi connectivity index (χ2n) is 4.78. The van der Waals surface area contributed by atoms with Crippen molar-refractivity contribution in [3.8, 4) is 0 Å². The molecule has 1 aliphatic heterocycles. The molecule has 1 fully saturated rings. The predicted octanol–water partition coefficient (Wildman–Crippen LogP) is 2.07. The zero-order valence-corrected chi connectivity index (χ0v) is 11.3. The van der Waals surface area contributed by atoms with Crippen LogP contribution in [0.15, 0.2) is 24.3 Å². The quantitative estimate of drug-likeness (QED) is 0.801. The molecule has 1 atom stereocenters. The third-order valence-electron chi connectivity index (χ3n) is 3.20. The first-order chi connectivity index (χ1) is 8.74. The first-order valence-electron chi connectivity index (χ1n) is 6.43. The number of hydrogen-bond donors (Lipinski definition) is 2. The molecule has 98 valence electrons. The van der Waals surface area contributed by atoms with Crippen molar-refractivity contribution in [3.63, 3.8) is 0 Å². The smallest absolute Gasteiger partial charge is 0.220 e. The van der Waals surface area contributed by atoms with Crippen molar-refractivity contribution in [1.82, 2.24) is 5.32 Å². The fourth-order valence-corrected chi connectivity index (χ4v) is 3.38. The number of amides is 1. The largest absolute Gasteiger partial charge is 0.399 e. The predicted molar refractivity (Wildman–Crippen MR) is 77.6 cm³/mol. The Hall–Kier alpha value is -1.16. The second-order valence-corrected chi connectivity index (χ2v) is 5.93. The highest BCUT2D eigenvalue weighted by molar-refractivity contribution is 7.99. The molecule has 4 heteroatoms. The number of nitrogen functional groups attached to an aromatic ring is 1. The van der Waals surface area contributed by atoms with Crippen LogP contribution < -0.4 is 11.1 Å². The molecule has 1 saturated heterocycles. The van der Waals surface area contributed by atoms with Crippen LogP contribution in [0, 0.1) is 5.92 Å². The minimum Gasteiger partial charge on any atom is -0.399 e. The first kappa shape index (κ1) is 13.3. The number of aryl methyl sites for hydroxylation is 1. The topological polar surface area (TPSA) is 55.1 Å². The van der Waals surface area contributed by atoms with Gasteiger partial charge in [0.2, 0.25) is 5.91 Å². The number of rotatable bonds is 5. The maximum absolute atomic E-state index is 11.7. The molecule has 1 amide bonds. The zero-order chi connectivity index (χ0) is 12.8. The van der Waals surface area contributed by atoms with E-state index in [9.17, 15) is 4.79 Å². The average Bonchev–Trinajstić information content (AvgIpc) is 2.87. The second kappa shape index (κ2) is 6.69. The van der Waals surface area contributed by atoms with E-state index in [0.29, 0.717) is 12.3 Å². The molecule has 1 aliphatic rings. The highest BCUT2D eigenvalue weighted by atomic mass is 32.2. The minimum absolute atomic E-state index is 0.148. The van der Waals surface area contributed by atoms with Crippen molar-refractivity contribution in [2.45, 2.75) is 19.3 Å². The standard InChI is InChI=1S/C14H20N2OS/c15-13-3-1-2-11(8-13)4-5-14(17)16-9-12-6-7-18-10-12/h1-3,8,12H,4-7,9-10,15H2,(H,16,17). The van der Waals surface area contributed by atoms with Crippen LogP contribution in [0.1, 0.15) is 18.4 Å². The Morgan fingerprint density at radius 2 is 2.39 bits per heavy atom. The van der Waals surface area contributed by atoms with Crippen LogP contribution in [0.5, 0.6) is 0 Å². The Morgan fingerprint density at radius 3 is 3.11 bits per heavy atom. The fraction of sp³-hybridized carbons (Fsp3) is 0.500. The van der Waals surface area contributed by atoms with E-state index in [4.69, 9.17) is 5.73 Å². The van der Waals surface area contributed by atoms with Gasteiger partial charge in [0.1, 0.15) is 0 Å². The molecule has 2 rings (SSSR count). The van der Waals surface area contributed by atoms with Crippen molar-refractivity contribution in [2.75, 3.05) is 23.8 Å². The summed E-state index contributed by atoms with van der Waals surface area (Å²) in [6.45, 7) is 0.836. The van der Waals surface area contributed by atoms with Gasteiger partial charge in [-0.3, -0.25) is 4.79 Å². The van der Waals surface area contributed by atoms with Crippen molar-refractivity contribution < 1.29 is 4.79 Å². The van der Waals surface area contributed by atoms with Gasteiger partial charge in [0.25, 0.3) is 0 Å². The highest BCUT2D eigenvalue weighted by Crippen LogP contribution is 2.22. The molecule has 0 spiro atoms. The van der Waals surface area contributed by atoms with E-state index < -0.39 is 0 Å². The molecule has 0 bridgehead atoms. The number of nitrogens with two attached hydrogens (primary N) is 1. The highest BCUT2D eigenvalue weighted by Gasteiger charge is 2.15. The number of anilines is 1. The van der Waals surface area contributed by atoms with Crippen molar-refractivity contribution in [1.29, 1.82) is 0 Å². The lowest BCUT2D eigenvalue weighted by molar-refractivity contribution is -0.121. The number of carbonyl (C=O) groups excluding carboxylic acids is 1. The summed E-state index contributed by atoms with van der Waals surface area (Å²) in [5, 5.41) is 3.03. The van der Waals surface area contributed by atoms with Crippen molar-refractivity contribution >= 4 is 23.4 Å². The molecular formula is C14H20N2OS. The maximum Gasteiger partial charge on any atom is 0.220 e. The summed E-state index contributed by atoms with van der Waals surface area (Å²) in [6, 6.07) is 7.73. The average molecular weight is 264 g/mol. The fourth-order valence-electron chi connectivity index (χ4n) is 2.10. The molecule has 3 nitrogen and oxygen atoms in total. The van der Waals surface area contributed by atoms with Crippen LogP contribution in [0.3, 0.4) is 0 Å². The molecule has 0 saturated carbocycles. The Kier molecular flexibility index (Phi) is 4.93. The summed E-state index contributed by atoms with van der Waals surface area (Å²) < 4.78 is 0. The Balaban J connectivity index is 1.68. The van der Waals surface area contributed by atoms with E-state index in [1.807, 2.05) is 36.0 Å². The van der Waals surface area contributed by atoms with E-state index in [1.54, 1.807) is 0 Å². The van der Waals surface area contributed by atoms with E-state index in [-0.39, 0.29) is 5.91 Å². The van der Waals surface area contributed by atoms with E-state index in [1.165, 1.54) is 17.9 Å². The zero-order valence-electron chi connectivity index (χ0n) is 10.5. The molecule has 1 unspecified atom stereocenters. The summed E-state index contributed by atoms with van der Waals surface area (Å²) in [5.74, 6) is 3.25. The van der Waals surface area contributed by atoms with Gasteiger partial charge in [0.05, 0.1) is 0 Å². The normalized spacial score (nSPS) is 18.8. The third kappa shape index (κ3) is 4.26. The number of thioether (sulfide) groups is 1. The van der Waals surface area contributed by atoms with Gasteiger partial charge < -0.3 is 11.1 Å². The van der Waals surface area contributed by atoms with Gasteiger partial charge >= 0.3 is 0 Å². The summed E-state index contributed by atoms with van der Waals surface area (Å²) in [7, 11) is 0. The van der Waals surface area contributed by atoms with Gasteiger partial charge in [-0.2, -0.15) is 11.8 Å². The third-order valence-corrected chi connectivity index (χ3v) is 4.44. The molecule has 1 aromatic carbocycles. The van der Waals surface area contributed by atoms with E-state index in [2.05, 4.69) is 5.32 Å². The van der Waals surface area contributed by atoms with Crippen LogP contribution in [-0.4, -0.2) is 24.0 Å². The molecular weight excluding hydrogens is 244 g/mol. The van der Waals surface area contributed by atoms with Gasteiger partial charge in [0.15, 0.2) is 0 Å². The molecule has 18 heavy (non-hydrogen) atoms. The molecule has 1 heterocycles. The van der Waals surface area contributed by atoms with Gasteiger partial charge in [-0.05, 0) is 48.0 Å². The van der Waals surface area contributed by atoms with Crippen molar-refractivity contribution in [2.24, 2.45) is 5.92 Å². The summed E-state index contributed by atoms with van der Waals surface area (Å²) in [6.07, 6.45) is 2.54. The number of carbonyl (C=O) groups is 1. The molecule has 1 aromatic rings. The Morgan fingerprint density at radius 1 is 1.50 bits per heavy atom. The summed E-state index contributed by atoms with van der Waals surface area (Å²) in [5.41, 5.74) is 7.59. The molecule has 0 radical (unpaired) electrons. The van der Waals surface area contributed by atoms with Crippen molar-refractivity contribution in [3.05, 3.63) is 29.8 Å². The summed E-state index contributed by atoms with van der Waals surface area (Å²) in [4.78, 5) is 11.7. The molecule has 0 aliphatic carbocycles. The van der Waals surface area contributed by atoms with E-state index in [0.717, 1.165) is 24.2 Å². The van der Waals surface area contributed by atoms with Crippen LogP contribution in [-0.2, 0) is 11.2 Å². The van der Waals surface area contributed by atoms with Crippen LogP contribution in [0.2, 0.25) is 0 Å². The maximum atomic E-state index is 11.7. The van der Waals surface area contributed by atoms with Gasteiger partial charge in [0, 0.05) is 18.7 Å². The number of nitrogens with one attached hydrogen (secondary N) is 1. The SMILES string of the molecule is Nc1cccc(CCC(=O)NCC2CCSC2)c1. The van der Waals surface area contributed by atoms with Crippen LogP contribution in [0.25, 0.3) is 0 Å². The Bertz CT molecular complexity index is 403. The lowest BCUT2D eigenvalue weighted by Gasteiger charge is -2.10. The van der Waals surface area contributed by atoms with Gasteiger partial charge in [-0.15, -0.1) is 0 Å². The number of benzene rings is 1. The van der Waals surface area contributed by atoms with Gasteiger partial charge in [-0.25, -0.2) is 0 Å². The lowest BCUT2D eigenvalue weighted by Crippen LogP contribution is -2.29. The summed E-state index contributed by atoms with van der Waals surface area (Å²) >= 11 is 1.98. The Labute approximate surface area is 113 Å². The van der Waals surface area contributed by atoms with Crippen LogP contribution >= 0.6 is 11.8 Å². The van der Waals surface area contributed by atoms with Gasteiger partial charge in [-0.1, -0.05) is 12.1 Å². The monoisotopic (exact) mass is 264 g/mol. The lowest BCUT2D eigenvalue weighted by atomic mass is 10.1. The molecule has 0 aromatic heterocycles. The van der Waals surface area contributed by atoms with Crippen LogP contribution in [0.4, 0.5) is 5.69 Å². The number of hydrogen-bond acceptors (Lipinski definition) is 3. The first-order valence-corrected chi connectivity index (χ1v) is 7.58. The minimum atomic E-state index is 0.148. The van der Waals surface area contributed by atoms with E-state index >= 15 is 0 Å².